The third kappa shape index (κ3) is 2.81. The minimum Gasteiger partial charge on any atom is -0.488 e. The first-order valence-electron chi connectivity index (χ1n) is 6.72. The summed E-state index contributed by atoms with van der Waals surface area (Å²) in [7, 11) is 0. The predicted molar refractivity (Wildman–Crippen MR) is 82.8 cm³/mol. The summed E-state index contributed by atoms with van der Waals surface area (Å²) in [6.45, 7) is 0.415. The van der Waals surface area contributed by atoms with Gasteiger partial charge in [0.1, 0.15) is 11.9 Å². The molecule has 3 N–H and O–H groups in total. The number of carbonyl (C=O) groups is 1. The van der Waals surface area contributed by atoms with Crippen LogP contribution in [0.2, 0.25) is 5.02 Å². The SMILES string of the molecule is Nc1cccc(Cl)c1C(=O)NCC1Cc2ccccc2O1. The Kier molecular flexibility index (Phi) is 3.71. The molecule has 0 aliphatic carbocycles. The van der Waals surface area contributed by atoms with Crippen molar-refractivity contribution in [2.45, 2.75) is 12.5 Å². The second-order valence-corrected chi connectivity index (χ2v) is 5.37. The van der Waals surface area contributed by atoms with Crippen LogP contribution < -0.4 is 15.8 Å². The molecular formula is C16H15ClN2O2. The minimum absolute atomic E-state index is 0.0601. The Bertz CT molecular complexity index is 642. The lowest BCUT2D eigenvalue weighted by Crippen LogP contribution is -2.34. The summed E-state index contributed by atoms with van der Waals surface area (Å²) in [4.78, 5) is 12.2. The van der Waals surface area contributed by atoms with Gasteiger partial charge in [-0.2, -0.15) is 0 Å². The second-order valence-electron chi connectivity index (χ2n) is 4.97. The highest BCUT2D eigenvalue weighted by molar-refractivity contribution is 6.34. The molecule has 0 saturated carbocycles. The summed E-state index contributed by atoms with van der Waals surface area (Å²) in [5, 5.41) is 3.18. The molecule has 3 rings (SSSR count). The van der Waals surface area contributed by atoms with E-state index in [-0.39, 0.29) is 12.0 Å². The molecule has 1 amide bonds. The molecule has 1 unspecified atom stereocenters. The number of rotatable bonds is 3. The molecule has 0 bridgehead atoms. The Morgan fingerprint density at radius 3 is 2.86 bits per heavy atom. The monoisotopic (exact) mass is 302 g/mol. The fourth-order valence-corrected chi connectivity index (χ4v) is 2.71. The number of nitrogens with two attached hydrogens (primary N) is 1. The van der Waals surface area contributed by atoms with E-state index < -0.39 is 0 Å². The number of amides is 1. The van der Waals surface area contributed by atoms with E-state index in [0.29, 0.717) is 22.8 Å². The molecule has 0 radical (unpaired) electrons. The van der Waals surface area contributed by atoms with Crippen LogP contribution in [0.3, 0.4) is 0 Å². The van der Waals surface area contributed by atoms with Crippen molar-refractivity contribution in [1.82, 2.24) is 5.32 Å². The van der Waals surface area contributed by atoms with Crippen LogP contribution in [0.1, 0.15) is 15.9 Å². The number of para-hydroxylation sites is 1. The molecule has 2 aromatic carbocycles. The third-order valence-electron chi connectivity index (χ3n) is 3.48. The Morgan fingerprint density at radius 2 is 2.10 bits per heavy atom. The lowest BCUT2D eigenvalue weighted by Gasteiger charge is -2.13. The van der Waals surface area contributed by atoms with Crippen molar-refractivity contribution < 1.29 is 9.53 Å². The topological polar surface area (TPSA) is 64.4 Å². The quantitative estimate of drug-likeness (QED) is 0.857. The van der Waals surface area contributed by atoms with Crippen LogP contribution >= 0.6 is 11.6 Å². The van der Waals surface area contributed by atoms with Gasteiger partial charge in [-0.15, -0.1) is 0 Å². The number of ether oxygens (including phenoxy) is 1. The fraction of sp³-hybridized carbons (Fsp3) is 0.188. The van der Waals surface area contributed by atoms with Gasteiger partial charge in [0.05, 0.1) is 17.1 Å². The second kappa shape index (κ2) is 5.66. The Hall–Kier alpha value is -2.20. The Balaban J connectivity index is 1.63. The zero-order valence-corrected chi connectivity index (χ0v) is 12.1. The van der Waals surface area contributed by atoms with Crippen LogP contribution in [-0.2, 0) is 6.42 Å². The minimum atomic E-state index is -0.280. The molecule has 0 aromatic heterocycles. The summed E-state index contributed by atoms with van der Waals surface area (Å²) in [5.41, 5.74) is 7.65. The Morgan fingerprint density at radius 1 is 1.29 bits per heavy atom. The van der Waals surface area contributed by atoms with E-state index in [2.05, 4.69) is 5.32 Å². The molecule has 21 heavy (non-hydrogen) atoms. The predicted octanol–water partition coefficient (Wildman–Crippen LogP) is 2.66. The van der Waals surface area contributed by atoms with Crippen LogP contribution in [0.15, 0.2) is 42.5 Å². The van der Waals surface area contributed by atoms with Gasteiger partial charge >= 0.3 is 0 Å². The highest BCUT2D eigenvalue weighted by Crippen LogP contribution is 2.28. The van der Waals surface area contributed by atoms with Crippen molar-refractivity contribution >= 4 is 23.2 Å². The van der Waals surface area contributed by atoms with E-state index in [1.54, 1.807) is 18.2 Å². The van der Waals surface area contributed by atoms with Gasteiger partial charge in [0.25, 0.3) is 5.91 Å². The maximum absolute atomic E-state index is 12.2. The zero-order valence-electron chi connectivity index (χ0n) is 11.3. The van der Waals surface area contributed by atoms with Gasteiger partial charge in [-0.1, -0.05) is 35.9 Å². The normalized spacial score (nSPS) is 16.1. The summed E-state index contributed by atoms with van der Waals surface area (Å²) < 4.78 is 5.77. The third-order valence-corrected chi connectivity index (χ3v) is 3.79. The Labute approximate surface area is 127 Å². The molecule has 108 valence electrons. The van der Waals surface area contributed by atoms with Gasteiger partial charge in [-0.3, -0.25) is 4.79 Å². The molecule has 1 heterocycles. The summed E-state index contributed by atoms with van der Waals surface area (Å²) >= 11 is 6.02. The van der Waals surface area contributed by atoms with Gasteiger partial charge in [0, 0.05) is 12.1 Å². The lowest BCUT2D eigenvalue weighted by atomic mass is 10.1. The first-order valence-corrected chi connectivity index (χ1v) is 7.09. The van der Waals surface area contributed by atoms with E-state index in [1.807, 2.05) is 24.3 Å². The smallest absolute Gasteiger partial charge is 0.255 e. The number of benzene rings is 2. The standard InChI is InChI=1S/C16H15ClN2O2/c17-12-5-3-6-13(18)15(12)16(20)19-9-11-8-10-4-1-2-7-14(10)21-11/h1-7,11H,8-9,18H2,(H,19,20). The summed E-state index contributed by atoms with van der Waals surface area (Å²) in [6.07, 6.45) is 0.726. The van der Waals surface area contributed by atoms with Crippen LogP contribution in [0.25, 0.3) is 0 Å². The molecule has 0 fully saturated rings. The average molecular weight is 303 g/mol. The molecule has 0 saturated heterocycles. The average Bonchev–Trinajstić information content (AvgIpc) is 2.87. The van der Waals surface area contributed by atoms with Crippen LogP contribution in [0.5, 0.6) is 5.75 Å². The molecule has 1 aliphatic rings. The van der Waals surface area contributed by atoms with Gasteiger partial charge in [0.2, 0.25) is 0 Å². The molecule has 1 aliphatic heterocycles. The number of carbonyl (C=O) groups excluding carboxylic acids is 1. The molecule has 5 heteroatoms. The molecule has 4 nitrogen and oxygen atoms in total. The van der Waals surface area contributed by atoms with Crippen molar-refractivity contribution in [1.29, 1.82) is 0 Å². The molecule has 2 aromatic rings. The molecular weight excluding hydrogens is 288 g/mol. The number of hydrogen-bond acceptors (Lipinski definition) is 3. The summed E-state index contributed by atoms with van der Waals surface area (Å²) in [5.74, 6) is 0.603. The van der Waals surface area contributed by atoms with Crippen molar-refractivity contribution in [2.24, 2.45) is 0 Å². The molecule has 0 spiro atoms. The van der Waals surface area contributed by atoms with Crippen molar-refractivity contribution in [3.8, 4) is 5.75 Å². The first kappa shape index (κ1) is 13.8. The van der Waals surface area contributed by atoms with Gasteiger partial charge in [-0.25, -0.2) is 0 Å². The van der Waals surface area contributed by atoms with Crippen LogP contribution in [-0.4, -0.2) is 18.6 Å². The van der Waals surface area contributed by atoms with Gasteiger partial charge in [-0.05, 0) is 23.8 Å². The first-order chi connectivity index (χ1) is 10.1. The van der Waals surface area contributed by atoms with Crippen molar-refractivity contribution in [2.75, 3.05) is 12.3 Å². The lowest BCUT2D eigenvalue weighted by molar-refractivity contribution is 0.0934. The van der Waals surface area contributed by atoms with E-state index >= 15 is 0 Å². The van der Waals surface area contributed by atoms with E-state index in [9.17, 15) is 4.79 Å². The number of hydrogen-bond donors (Lipinski definition) is 2. The number of nitrogen functional groups attached to an aromatic ring is 1. The van der Waals surface area contributed by atoms with E-state index in [0.717, 1.165) is 17.7 Å². The highest BCUT2D eigenvalue weighted by atomic mass is 35.5. The summed E-state index contributed by atoms with van der Waals surface area (Å²) in [6, 6.07) is 12.9. The zero-order chi connectivity index (χ0) is 14.8. The maximum atomic E-state index is 12.2. The number of anilines is 1. The largest absolute Gasteiger partial charge is 0.488 e. The van der Waals surface area contributed by atoms with Crippen LogP contribution in [0, 0.1) is 0 Å². The van der Waals surface area contributed by atoms with E-state index in [1.165, 1.54) is 0 Å². The number of nitrogens with one attached hydrogen (secondary N) is 1. The fourth-order valence-electron chi connectivity index (χ4n) is 2.44. The van der Waals surface area contributed by atoms with Crippen LogP contribution in [0.4, 0.5) is 5.69 Å². The maximum Gasteiger partial charge on any atom is 0.255 e. The van der Waals surface area contributed by atoms with Gasteiger partial charge in [0.15, 0.2) is 0 Å². The van der Waals surface area contributed by atoms with Gasteiger partial charge < -0.3 is 15.8 Å². The van der Waals surface area contributed by atoms with E-state index in [4.69, 9.17) is 22.1 Å². The number of halogens is 1. The van der Waals surface area contributed by atoms with Crippen molar-refractivity contribution in [3.05, 3.63) is 58.6 Å². The van der Waals surface area contributed by atoms with Crippen molar-refractivity contribution in [3.63, 3.8) is 0 Å². The highest BCUT2D eigenvalue weighted by Gasteiger charge is 2.23. The molecule has 1 atom stereocenters. The number of fused-ring (bicyclic) bond motifs is 1.